The highest BCUT2D eigenvalue weighted by atomic mass is 15.0. The van der Waals surface area contributed by atoms with Gasteiger partial charge in [-0.3, -0.25) is 0 Å². The molecule has 21 heavy (non-hydrogen) atoms. The van der Waals surface area contributed by atoms with Crippen LogP contribution in [0.15, 0.2) is 42.5 Å². The topological polar surface area (TPSA) is 52.7 Å². The number of anilines is 1. The summed E-state index contributed by atoms with van der Waals surface area (Å²) in [6.45, 7) is 2.65. The number of imidazole rings is 1. The molecular formula is C17H18N4. The van der Waals surface area contributed by atoms with Crippen molar-refractivity contribution in [3.05, 3.63) is 59.4 Å². The van der Waals surface area contributed by atoms with Crippen LogP contribution in [0.5, 0.6) is 0 Å². The van der Waals surface area contributed by atoms with E-state index in [0.29, 0.717) is 0 Å². The van der Waals surface area contributed by atoms with Crippen LogP contribution in [0.25, 0.3) is 11.0 Å². The molecule has 0 saturated carbocycles. The number of rotatable bonds is 4. The Hall–Kier alpha value is -2.33. The zero-order chi connectivity index (χ0) is 14.1. The van der Waals surface area contributed by atoms with Crippen molar-refractivity contribution in [1.82, 2.24) is 15.3 Å². The fourth-order valence-corrected chi connectivity index (χ4v) is 2.96. The molecule has 0 fully saturated rings. The Morgan fingerprint density at radius 2 is 2.00 bits per heavy atom. The highest BCUT2D eigenvalue weighted by Crippen LogP contribution is 2.26. The lowest BCUT2D eigenvalue weighted by Gasteiger charge is -2.09. The van der Waals surface area contributed by atoms with Crippen LogP contribution < -0.4 is 10.6 Å². The molecule has 0 amide bonds. The average Bonchev–Trinajstić information content (AvgIpc) is 3.13. The molecule has 1 aliphatic rings. The van der Waals surface area contributed by atoms with Crippen LogP contribution in [0.1, 0.15) is 17.0 Å². The van der Waals surface area contributed by atoms with Gasteiger partial charge in [0.2, 0.25) is 0 Å². The molecule has 0 saturated heterocycles. The number of nitrogens with one attached hydrogen (secondary N) is 3. The predicted molar refractivity (Wildman–Crippen MR) is 85.3 cm³/mol. The van der Waals surface area contributed by atoms with Gasteiger partial charge in [-0.15, -0.1) is 0 Å². The second-order valence-corrected chi connectivity index (χ2v) is 5.43. The van der Waals surface area contributed by atoms with Gasteiger partial charge in [0.15, 0.2) is 0 Å². The summed E-state index contributed by atoms with van der Waals surface area (Å²) in [5, 5.41) is 6.95. The van der Waals surface area contributed by atoms with Gasteiger partial charge in [0.05, 0.1) is 17.6 Å². The first-order chi connectivity index (χ1) is 10.4. The second-order valence-electron chi connectivity index (χ2n) is 5.43. The van der Waals surface area contributed by atoms with Crippen molar-refractivity contribution in [2.24, 2.45) is 0 Å². The molecule has 1 aliphatic heterocycles. The van der Waals surface area contributed by atoms with Crippen LogP contribution in [0.4, 0.5) is 5.69 Å². The lowest BCUT2D eigenvalue weighted by atomic mass is 10.1. The Labute approximate surface area is 123 Å². The lowest BCUT2D eigenvalue weighted by Crippen LogP contribution is -2.14. The molecule has 0 unspecified atom stereocenters. The Morgan fingerprint density at radius 1 is 1.05 bits per heavy atom. The van der Waals surface area contributed by atoms with Gasteiger partial charge in [-0.1, -0.05) is 30.3 Å². The molecule has 0 spiro atoms. The summed E-state index contributed by atoms with van der Waals surface area (Å²) >= 11 is 0. The molecule has 106 valence electrons. The number of fused-ring (bicyclic) bond motifs is 2. The first-order valence-electron chi connectivity index (χ1n) is 7.39. The summed E-state index contributed by atoms with van der Waals surface area (Å²) in [7, 11) is 0. The number of para-hydroxylation sites is 3. The van der Waals surface area contributed by atoms with Crippen molar-refractivity contribution in [3.63, 3.8) is 0 Å². The molecule has 0 atom stereocenters. The number of aromatic nitrogens is 2. The SMILES string of the molecule is c1cc2c(c(CNCc3nc4ccccc4[nH]3)c1)NCC2. The molecule has 1 aromatic heterocycles. The molecule has 0 radical (unpaired) electrons. The first-order valence-corrected chi connectivity index (χ1v) is 7.39. The van der Waals surface area contributed by atoms with Gasteiger partial charge in [0, 0.05) is 18.8 Å². The van der Waals surface area contributed by atoms with E-state index in [1.165, 1.54) is 16.8 Å². The molecule has 4 nitrogen and oxygen atoms in total. The van der Waals surface area contributed by atoms with E-state index in [4.69, 9.17) is 0 Å². The maximum atomic E-state index is 4.58. The van der Waals surface area contributed by atoms with Crippen LogP contribution in [0.2, 0.25) is 0 Å². The zero-order valence-electron chi connectivity index (χ0n) is 11.8. The monoisotopic (exact) mass is 278 g/mol. The molecule has 2 aromatic carbocycles. The number of H-pyrrole nitrogens is 1. The minimum absolute atomic E-state index is 0.748. The Bertz CT molecular complexity index is 742. The number of hydrogen-bond donors (Lipinski definition) is 3. The number of aromatic amines is 1. The zero-order valence-corrected chi connectivity index (χ0v) is 11.8. The molecule has 0 aliphatic carbocycles. The minimum Gasteiger partial charge on any atom is -0.384 e. The third kappa shape index (κ3) is 2.38. The fourth-order valence-electron chi connectivity index (χ4n) is 2.96. The van der Waals surface area contributed by atoms with E-state index in [0.717, 1.165) is 42.9 Å². The number of nitrogens with zero attached hydrogens (tertiary/aromatic N) is 1. The van der Waals surface area contributed by atoms with Crippen molar-refractivity contribution in [1.29, 1.82) is 0 Å². The molecule has 3 aromatic rings. The normalized spacial score (nSPS) is 13.3. The standard InChI is InChI=1S/C17H18N4/c1-2-7-15-14(6-1)20-16(21-15)11-18-10-13-5-3-4-12-8-9-19-17(12)13/h1-7,18-19H,8-11H2,(H,20,21). The fraction of sp³-hybridized carbons (Fsp3) is 0.235. The van der Waals surface area contributed by atoms with Gasteiger partial charge >= 0.3 is 0 Å². The van der Waals surface area contributed by atoms with Crippen LogP contribution in [-0.4, -0.2) is 16.5 Å². The van der Waals surface area contributed by atoms with Crippen molar-refractivity contribution in [3.8, 4) is 0 Å². The van der Waals surface area contributed by atoms with Crippen LogP contribution in [0.3, 0.4) is 0 Å². The Morgan fingerprint density at radius 3 is 2.95 bits per heavy atom. The van der Waals surface area contributed by atoms with Crippen molar-refractivity contribution < 1.29 is 0 Å². The molecular weight excluding hydrogens is 260 g/mol. The van der Waals surface area contributed by atoms with E-state index in [1.807, 2.05) is 18.2 Å². The van der Waals surface area contributed by atoms with Gasteiger partial charge < -0.3 is 15.6 Å². The minimum atomic E-state index is 0.748. The quantitative estimate of drug-likeness (QED) is 0.688. The van der Waals surface area contributed by atoms with Gasteiger partial charge in [0.1, 0.15) is 5.82 Å². The smallest absolute Gasteiger partial charge is 0.121 e. The van der Waals surface area contributed by atoms with E-state index in [9.17, 15) is 0 Å². The molecule has 4 heteroatoms. The lowest BCUT2D eigenvalue weighted by molar-refractivity contribution is 0.671. The maximum Gasteiger partial charge on any atom is 0.121 e. The highest BCUT2D eigenvalue weighted by Gasteiger charge is 2.13. The van der Waals surface area contributed by atoms with Crippen molar-refractivity contribution in [2.75, 3.05) is 11.9 Å². The first kappa shape index (κ1) is 12.4. The van der Waals surface area contributed by atoms with Crippen LogP contribution >= 0.6 is 0 Å². The van der Waals surface area contributed by atoms with Gasteiger partial charge in [-0.2, -0.15) is 0 Å². The maximum absolute atomic E-state index is 4.58. The van der Waals surface area contributed by atoms with E-state index in [-0.39, 0.29) is 0 Å². The molecule has 4 rings (SSSR count). The van der Waals surface area contributed by atoms with Gasteiger partial charge in [0.25, 0.3) is 0 Å². The summed E-state index contributed by atoms with van der Waals surface area (Å²) in [6.07, 6.45) is 1.13. The average molecular weight is 278 g/mol. The van der Waals surface area contributed by atoms with Crippen LogP contribution in [-0.2, 0) is 19.5 Å². The van der Waals surface area contributed by atoms with Crippen LogP contribution in [0, 0.1) is 0 Å². The van der Waals surface area contributed by atoms with Crippen molar-refractivity contribution >= 4 is 16.7 Å². The number of hydrogen-bond acceptors (Lipinski definition) is 3. The largest absolute Gasteiger partial charge is 0.384 e. The highest BCUT2D eigenvalue weighted by molar-refractivity contribution is 5.74. The van der Waals surface area contributed by atoms with E-state index >= 15 is 0 Å². The third-order valence-corrected chi connectivity index (χ3v) is 3.98. The summed E-state index contributed by atoms with van der Waals surface area (Å²) in [4.78, 5) is 7.93. The third-order valence-electron chi connectivity index (χ3n) is 3.98. The summed E-state index contributed by atoms with van der Waals surface area (Å²) in [5.74, 6) is 0.983. The molecule has 0 bridgehead atoms. The summed E-state index contributed by atoms with van der Waals surface area (Å²) < 4.78 is 0. The second kappa shape index (κ2) is 5.22. The number of benzene rings is 2. The van der Waals surface area contributed by atoms with E-state index < -0.39 is 0 Å². The van der Waals surface area contributed by atoms with Gasteiger partial charge in [-0.25, -0.2) is 4.98 Å². The predicted octanol–water partition coefficient (Wildman–Crippen LogP) is 2.82. The summed E-state index contributed by atoms with van der Waals surface area (Å²) in [5.41, 5.74) is 6.20. The molecule has 3 N–H and O–H groups in total. The van der Waals surface area contributed by atoms with E-state index in [2.05, 4.69) is 44.9 Å². The Kier molecular flexibility index (Phi) is 3.09. The molecule has 2 heterocycles. The van der Waals surface area contributed by atoms with Gasteiger partial charge in [-0.05, 0) is 29.7 Å². The van der Waals surface area contributed by atoms with E-state index in [1.54, 1.807) is 0 Å². The summed E-state index contributed by atoms with van der Waals surface area (Å²) in [6, 6.07) is 14.7. The Balaban J connectivity index is 1.45. The van der Waals surface area contributed by atoms with Crippen molar-refractivity contribution in [2.45, 2.75) is 19.5 Å².